The minimum Gasteiger partial charge on any atom is -0.445 e. The summed E-state index contributed by atoms with van der Waals surface area (Å²) in [6, 6.07) is 8.33. The van der Waals surface area contributed by atoms with Gasteiger partial charge in [0.2, 0.25) is 11.8 Å². The van der Waals surface area contributed by atoms with Crippen LogP contribution < -0.4 is 10.6 Å². The van der Waals surface area contributed by atoms with Crippen LogP contribution in [0, 0.1) is 0 Å². The fourth-order valence-electron chi connectivity index (χ4n) is 1.58. The van der Waals surface area contributed by atoms with Crippen molar-refractivity contribution in [2.45, 2.75) is 19.1 Å². The maximum atomic E-state index is 11.4. The van der Waals surface area contributed by atoms with Gasteiger partial charge < -0.3 is 10.1 Å². The molecular formula is C12H12N2O4. The molecule has 0 saturated carbocycles. The van der Waals surface area contributed by atoms with Gasteiger partial charge in [0, 0.05) is 0 Å². The zero-order valence-corrected chi connectivity index (χ0v) is 9.51. The summed E-state index contributed by atoms with van der Waals surface area (Å²) in [5.41, 5.74) is 0.847. The first-order valence-corrected chi connectivity index (χ1v) is 5.46. The molecule has 1 aliphatic rings. The minimum atomic E-state index is -0.833. The lowest BCUT2D eigenvalue weighted by Crippen LogP contribution is -2.40. The van der Waals surface area contributed by atoms with Gasteiger partial charge in [-0.25, -0.2) is 4.79 Å². The first-order valence-electron chi connectivity index (χ1n) is 5.46. The highest BCUT2D eigenvalue weighted by molar-refractivity contribution is 6.06. The molecule has 18 heavy (non-hydrogen) atoms. The van der Waals surface area contributed by atoms with Gasteiger partial charge >= 0.3 is 6.09 Å². The monoisotopic (exact) mass is 248 g/mol. The highest BCUT2D eigenvalue weighted by atomic mass is 16.5. The number of amides is 3. The molecule has 0 aromatic heterocycles. The van der Waals surface area contributed by atoms with Crippen LogP contribution in [0.4, 0.5) is 4.79 Å². The smallest absolute Gasteiger partial charge is 0.408 e. The second-order valence-electron chi connectivity index (χ2n) is 3.88. The van der Waals surface area contributed by atoms with Crippen molar-refractivity contribution in [3.8, 4) is 0 Å². The van der Waals surface area contributed by atoms with Crippen LogP contribution in [0.1, 0.15) is 12.0 Å². The third kappa shape index (κ3) is 3.07. The fourth-order valence-corrected chi connectivity index (χ4v) is 1.58. The van der Waals surface area contributed by atoms with E-state index in [0.717, 1.165) is 5.56 Å². The Labute approximate surface area is 103 Å². The van der Waals surface area contributed by atoms with Crippen LogP contribution in [-0.4, -0.2) is 23.9 Å². The minimum absolute atomic E-state index is 0.0424. The largest absolute Gasteiger partial charge is 0.445 e. The Morgan fingerprint density at radius 2 is 2.06 bits per heavy atom. The van der Waals surface area contributed by atoms with Crippen LogP contribution in [0.15, 0.2) is 30.3 Å². The molecule has 6 nitrogen and oxygen atoms in total. The third-order valence-corrected chi connectivity index (χ3v) is 2.47. The van der Waals surface area contributed by atoms with E-state index in [9.17, 15) is 14.4 Å². The van der Waals surface area contributed by atoms with E-state index >= 15 is 0 Å². The molecule has 2 rings (SSSR count). The van der Waals surface area contributed by atoms with Crippen molar-refractivity contribution in [2.24, 2.45) is 0 Å². The van der Waals surface area contributed by atoms with Gasteiger partial charge in [-0.15, -0.1) is 0 Å². The van der Waals surface area contributed by atoms with Crippen molar-refractivity contribution in [3.05, 3.63) is 35.9 Å². The average molecular weight is 248 g/mol. The molecule has 1 saturated heterocycles. The van der Waals surface area contributed by atoms with Gasteiger partial charge in [-0.05, 0) is 5.56 Å². The van der Waals surface area contributed by atoms with Crippen molar-refractivity contribution in [1.29, 1.82) is 0 Å². The normalized spacial score (nSPS) is 18.3. The molecule has 6 heteroatoms. The maximum absolute atomic E-state index is 11.4. The number of benzene rings is 1. The molecule has 0 aliphatic carbocycles. The molecule has 0 radical (unpaired) electrons. The summed E-state index contributed by atoms with van der Waals surface area (Å²) < 4.78 is 4.93. The molecule has 3 amide bonds. The summed E-state index contributed by atoms with van der Waals surface area (Å²) in [6.45, 7) is 0.120. The van der Waals surface area contributed by atoms with Gasteiger partial charge in [-0.1, -0.05) is 30.3 Å². The second kappa shape index (κ2) is 5.31. The molecule has 2 N–H and O–H groups in total. The van der Waals surface area contributed by atoms with Gasteiger partial charge in [0.25, 0.3) is 0 Å². The zero-order valence-electron chi connectivity index (χ0n) is 9.51. The summed E-state index contributed by atoms with van der Waals surface area (Å²) in [5, 5.41) is 4.43. The van der Waals surface area contributed by atoms with Crippen LogP contribution in [0.2, 0.25) is 0 Å². The van der Waals surface area contributed by atoms with E-state index in [1.54, 1.807) is 0 Å². The number of carbonyl (C=O) groups excluding carboxylic acids is 3. The van der Waals surface area contributed by atoms with Gasteiger partial charge in [0.05, 0.1) is 6.42 Å². The molecule has 0 spiro atoms. The Hall–Kier alpha value is -2.37. The summed E-state index contributed by atoms with van der Waals surface area (Å²) in [5.74, 6) is -0.898. The topological polar surface area (TPSA) is 84.5 Å². The Morgan fingerprint density at radius 3 is 2.67 bits per heavy atom. The quantitative estimate of drug-likeness (QED) is 0.755. The van der Waals surface area contributed by atoms with Crippen LogP contribution in [0.3, 0.4) is 0 Å². The van der Waals surface area contributed by atoms with Gasteiger partial charge in [0.15, 0.2) is 0 Å². The molecule has 94 valence electrons. The van der Waals surface area contributed by atoms with Gasteiger partial charge in [-0.2, -0.15) is 0 Å². The first-order chi connectivity index (χ1) is 8.65. The number of carbonyl (C=O) groups is 3. The van der Waals surface area contributed by atoms with Crippen LogP contribution in [-0.2, 0) is 20.9 Å². The second-order valence-corrected chi connectivity index (χ2v) is 3.88. The lowest BCUT2D eigenvalue weighted by atomic mass is 10.2. The van der Waals surface area contributed by atoms with Gasteiger partial charge in [0.1, 0.15) is 12.6 Å². The van der Waals surface area contributed by atoms with Crippen molar-refractivity contribution < 1.29 is 19.1 Å². The first kappa shape index (κ1) is 12.1. The molecule has 1 heterocycles. The van der Waals surface area contributed by atoms with E-state index in [4.69, 9.17) is 4.74 Å². The van der Waals surface area contributed by atoms with E-state index in [1.807, 2.05) is 30.3 Å². The van der Waals surface area contributed by atoms with E-state index in [2.05, 4.69) is 10.6 Å². The summed E-state index contributed by atoms with van der Waals surface area (Å²) in [7, 11) is 0. The Kier molecular flexibility index (Phi) is 3.57. The Balaban J connectivity index is 1.79. The number of hydrogen-bond acceptors (Lipinski definition) is 4. The van der Waals surface area contributed by atoms with E-state index in [0.29, 0.717) is 0 Å². The fraction of sp³-hybridized carbons (Fsp3) is 0.250. The standard InChI is InChI=1S/C12H12N2O4/c15-10-6-9(11(16)14-10)13-12(17)18-7-8-4-2-1-3-5-8/h1-5,9H,6-7H2,(H,13,17)(H,14,15,16)/t9-/m1/s1. The zero-order chi connectivity index (χ0) is 13.0. The number of rotatable bonds is 3. The van der Waals surface area contributed by atoms with Crippen LogP contribution in [0.5, 0.6) is 0 Å². The third-order valence-electron chi connectivity index (χ3n) is 2.47. The number of hydrogen-bond donors (Lipinski definition) is 2. The Morgan fingerprint density at radius 1 is 1.33 bits per heavy atom. The molecule has 0 bridgehead atoms. The number of alkyl carbamates (subject to hydrolysis) is 1. The van der Waals surface area contributed by atoms with Crippen molar-refractivity contribution >= 4 is 17.9 Å². The Bertz CT molecular complexity index is 472. The number of ether oxygens (including phenoxy) is 1. The highest BCUT2D eigenvalue weighted by Gasteiger charge is 2.31. The predicted molar refractivity (Wildman–Crippen MR) is 61.3 cm³/mol. The van der Waals surface area contributed by atoms with Crippen LogP contribution >= 0.6 is 0 Å². The molecule has 0 unspecified atom stereocenters. The highest BCUT2D eigenvalue weighted by Crippen LogP contribution is 2.03. The predicted octanol–water partition coefficient (Wildman–Crippen LogP) is 0.328. The van der Waals surface area contributed by atoms with Gasteiger partial charge in [-0.3, -0.25) is 14.9 Å². The summed E-state index contributed by atoms with van der Waals surface area (Å²) >= 11 is 0. The molecule has 1 aliphatic heterocycles. The molecule has 1 atom stereocenters. The SMILES string of the molecule is O=C1C[C@@H](NC(=O)OCc2ccccc2)C(=O)N1. The van der Waals surface area contributed by atoms with E-state index in [1.165, 1.54) is 0 Å². The van der Waals surface area contributed by atoms with Crippen molar-refractivity contribution in [2.75, 3.05) is 0 Å². The van der Waals surface area contributed by atoms with Crippen LogP contribution in [0.25, 0.3) is 0 Å². The average Bonchev–Trinajstić information content (AvgIpc) is 2.67. The lowest BCUT2D eigenvalue weighted by molar-refractivity contribution is -0.125. The summed E-state index contributed by atoms with van der Waals surface area (Å²) in [4.78, 5) is 33.5. The number of imide groups is 1. The van der Waals surface area contributed by atoms with E-state index in [-0.39, 0.29) is 13.0 Å². The number of nitrogens with one attached hydrogen (secondary N) is 2. The lowest BCUT2D eigenvalue weighted by Gasteiger charge is -2.09. The molecule has 1 aromatic carbocycles. The van der Waals surface area contributed by atoms with Crippen molar-refractivity contribution in [3.63, 3.8) is 0 Å². The van der Waals surface area contributed by atoms with E-state index < -0.39 is 23.9 Å². The maximum Gasteiger partial charge on any atom is 0.408 e. The summed E-state index contributed by atoms with van der Waals surface area (Å²) in [6.07, 6.45) is -0.757. The molecular weight excluding hydrogens is 236 g/mol. The molecule has 1 aromatic rings. The molecule has 1 fully saturated rings. The van der Waals surface area contributed by atoms with Crippen molar-refractivity contribution in [1.82, 2.24) is 10.6 Å².